The van der Waals surface area contributed by atoms with E-state index < -0.39 is 17.6 Å². The number of fused-ring (bicyclic) bond motifs is 1. The molecule has 0 unspecified atom stereocenters. The van der Waals surface area contributed by atoms with Crippen molar-refractivity contribution >= 4 is 12.2 Å². The van der Waals surface area contributed by atoms with Crippen molar-refractivity contribution in [2.75, 3.05) is 6.54 Å². The third-order valence-electron chi connectivity index (χ3n) is 3.96. The third-order valence-corrected chi connectivity index (χ3v) is 4.16. The van der Waals surface area contributed by atoms with Crippen LogP contribution >= 0.6 is 12.2 Å². The van der Waals surface area contributed by atoms with Crippen molar-refractivity contribution in [1.82, 2.24) is 14.9 Å². The lowest BCUT2D eigenvalue weighted by Crippen LogP contribution is -2.35. The van der Waals surface area contributed by atoms with Crippen LogP contribution in [0, 0.1) is 10.6 Å². The fourth-order valence-electron chi connectivity index (χ4n) is 2.76. The van der Waals surface area contributed by atoms with Gasteiger partial charge < -0.3 is 4.98 Å². The van der Waals surface area contributed by atoms with Crippen LogP contribution < -0.4 is 5.56 Å². The molecule has 0 aliphatic carbocycles. The molecule has 4 nitrogen and oxygen atoms in total. The zero-order chi connectivity index (χ0) is 17.5. The minimum atomic E-state index is -4.52. The Kier molecular flexibility index (Phi) is 4.31. The van der Waals surface area contributed by atoms with Gasteiger partial charge in [0.15, 0.2) is 4.77 Å². The lowest BCUT2D eigenvalue weighted by atomic mass is 10.0. The van der Waals surface area contributed by atoms with E-state index in [9.17, 15) is 22.4 Å². The van der Waals surface area contributed by atoms with Crippen LogP contribution in [0.1, 0.15) is 22.4 Å². The molecule has 0 radical (unpaired) electrons. The molecule has 1 aromatic heterocycles. The summed E-state index contributed by atoms with van der Waals surface area (Å²) in [4.78, 5) is 19.1. The van der Waals surface area contributed by atoms with Crippen molar-refractivity contribution in [1.29, 1.82) is 0 Å². The average Bonchev–Trinajstić information content (AvgIpc) is 2.49. The molecule has 128 valence electrons. The molecule has 2 heterocycles. The maximum atomic E-state index is 13.9. The molecular weight excluding hydrogens is 346 g/mol. The van der Waals surface area contributed by atoms with Crippen molar-refractivity contribution in [3.8, 4) is 0 Å². The number of H-pyrrole nitrogens is 2. The quantitative estimate of drug-likeness (QED) is 0.640. The Morgan fingerprint density at radius 2 is 2.00 bits per heavy atom. The second-order valence-corrected chi connectivity index (χ2v) is 6.04. The minimum absolute atomic E-state index is 0.00966. The van der Waals surface area contributed by atoms with Gasteiger partial charge in [0, 0.05) is 37.3 Å². The highest BCUT2D eigenvalue weighted by atomic mass is 32.1. The van der Waals surface area contributed by atoms with Gasteiger partial charge in [-0.1, -0.05) is 0 Å². The summed E-state index contributed by atoms with van der Waals surface area (Å²) >= 11 is 4.90. The van der Waals surface area contributed by atoms with Gasteiger partial charge in [-0.25, -0.2) is 4.39 Å². The van der Waals surface area contributed by atoms with Crippen LogP contribution in [0.2, 0.25) is 0 Å². The molecular formula is C15H13F4N3OS. The summed E-state index contributed by atoms with van der Waals surface area (Å²) < 4.78 is 52.4. The summed E-state index contributed by atoms with van der Waals surface area (Å²) in [6.07, 6.45) is -4.04. The lowest BCUT2D eigenvalue weighted by Gasteiger charge is -2.28. The Balaban J connectivity index is 1.85. The van der Waals surface area contributed by atoms with Crippen molar-refractivity contribution < 1.29 is 17.6 Å². The van der Waals surface area contributed by atoms with E-state index in [1.807, 2.05) is 0 Å². The summed E-state index contributed by atoms with van der Waals surface area (Å²) in [5, 5.41) is 0. The molecule has 3 rings (SSSR count). The van der Waals surface area contributed by atoms with E-state index in [2.05, 4.69) is 9.97 Å². The number of rotatable bonds is 2. The highest BCUT2D eigenvalue weighted by molar-refractivity contribution is 7.71. The molecule has 1 aliphatic heterocycles. The summed E-state index contributed by atoms with van der Waals surface area (Å²) in [5.41, 5.74) is -0.0819. The van der Waals surface area contributed by atoms with Gasteiger partial charge in [0.1, 0.15) is 5.82 Å². The lowest BCUT2D eigenvalue weighted by molar-refractivity contribution is -0.137. The minimum Gasteiger partial charge on any atom is -0.335 e. The summed E-state index contributed by atoms with van der Waals surface area (Å²) in [6, 6.07) is 2.35. The SMILES string of the molecule is O=c1[nH]c(=S)[nH]c2c1CN(Cc1cc(C(F)(F)F)ccc1F)CC2. The summed E-state index contributed by atoms with van der Waals surface area (Å²) in [7, 11) is 0. The van der Waals surface area contributed by atoms with Crippen molar-refractivity contribution in [2.45, 2.75) is 25.7 Å². The van der Waals surface area contributed by atoms with Gasteiger partial charge in [0.2, 0.25) is 0 Å². The number of alkyl halides is 3. The van der Waals surface area contributed by atoms with Crippen LogP contribution in [-0.2, 0) is 25.7 Å². The first-order valence-corrected chi connectivity index (χ1v) is 7.57. The third kappa shape index (κ3) is 3.41. The molecule has 0 saturated carbocycles. The standard InChI is InChI=1S/C15H13F4N3OS/c16-11-2-1-9(15(17,18)19)5-8(11)6-22-4-3-12-10(7-22)13(23)21-14(24)20-12/h1-2,5H,3-4,6-7H2,(H2,20,21,23,24). The van der Waals surface area contributed by atoms with Gasteiger partial charge in [-0.05, 0) is 30.4 Å². The van der Waals surface area contributed by atoms with E-state index in [4.69, 9.17) is 12.2 Å². The number of nitrogens with one attached hydrogen (secondary N) is 2. The van der Waals surface area contributed by atoms with Gasteiger partial charge in [-0.2, -0.15) is 13.2 Å². The van der Waals surface area contributed by atoms with Gasteiger partial charge in [0.25, 0.3) is 5.56 Å². The van der Waals surface area contributed by atoms with E-state index in [0.29, 0.717) is 24.2 Å². The van der Waals surface area contributed by atoms with E-state index >= 15 is 0 Å². The Hall–Kier alpha value is -2.00. The first-order valence-electron chi connectivity index (χ1n) is 7.16. The van der Waals surface area contributed by atoms with Crippen LogP contribution in [0.5, 0.6) is 0 Å². The molecule has 1 aliphatic rings. The fraction of sp³-hybridized carbons (Fsp3) is 0.333. The Labute approximate surface area is 139 Å². The zero-order valence-corrected chi connectivity index (χ0v) is 13.2. The zero-order valence-electron chi connectivity index (χ0n) is 12.3. The number of hydrogen-bond donors (Lipinski definition) is 2. The van der Waals surface area contributed by atoms with Gasteiger partial charge >= 0.3 is 6.18 Å². The predicted molar refractivity (Wildman–Crippen MR) is 81.5 cm³/mol. The number of halogens is 4. The first kappa shape index (κ1) is 16.8. The molecule has 24 heavy (non-hydrogen) atoms. The smallest absolute Gasteiger partial charge is 0.335 e. The highest BCUT2D eigenvalue weighted by Crippen LogP contribution is 2.31. The molecule has 2 N–H and O–H groups in total. The average molecular weight is 359 g/mol. The molecule has 9 heteroatoms. The van der Waals surface area contributed by atoms with Crippen molar-refractivity contribution in [3.63, 3.8) is 0 Å². The number of benzene rings is 1. The van der Waals surface area contributed by atoms with E-state index in [0.717, 1.165) is 18.2 Å². The Morgan fingerprint density at radius 3 is 2.71 bits per heavy atom. The number of nitrogens with zero attached hydrogens (tertiary/aromatic N) is 1. The molecule has 0 spiro atoms. The predicted octanol–water partition coefficient (Wildman–Crippen LogP) is 3.15. The summed E-state index contributed by atoms with van der Waals surface area (Å²) in [6.45, 7) is 0.689. The molecule has 1 aromatic carbocycles. The van der Waals surface area contributed by atoms with E-state index in [1.54, 1.807) is 4.90 Å². The normalized spacial score (nSPS) is 15.3. The van der Waals surface area contributed by atoms with Gasteiger partial charge in [-0.15, -0.1) is 0 Å². The Morgan fingerprint density at radius 1 is 1.25 bits per heavy atom. The number of hydrogen-bond acceptors (Lipinski definition) is 3. The fourth-order valence-corrected chi connectivity index (χ4v) is 2.98. The van der Waals surface area contributed by atoms with Gasteiger partial charge in [0.05, 0.1) is 11.1 Å². The van der Waals surface area contributed by atoms with Crippen LogP contribution in [0.25, 0.3) is 0 Å². The van der Waals surface area contributed by atoms with E-state index in [1.165, 1.54) is 0 Å². The summed E-state index contributed by atoms with van der Waals surface area (Å²) in [5.74, 6) is -0.699. The van der Waals surface area contributed by atoms with Crippen molar-refractivity contribution in [2.24, 2.45) is 0 Å². The molecule has 0 atom stereocenters. The van der Waals surface area contributed by atoms with Crippen LogP contribution in [0.15, 0.2) is 23.0 Å². The number of aromatic nitrogens is 2. The second kappa shape index (κ2) is 6.14. The number of aromatic amines is 2. The highest BCUT2D eigenvalue weighted by Gasteiger charge is 2.31. The topological polar surface area (TPSA) is 51.9 Å². The molecule has 0 bridgehead atoms. The molecule has 2 aromatic rings. The van der Waals surface area contributed by atoms with Crippen molar-refractivity contribution in [3.05, 3.63) is 61.5 Å². The van der Waals surface area contributed by atoms with E-state index in [-0.39, 0.29) is 29.0 Å². The molecule has 0 fully saturated rings. The monoisotopic (exact) mass is 359 g/mol. The second-order valence-electron chi connectivity index (χ2n) is 5.63. The molecule has 0 amide bonds. The first-order chi connectivity index (χ1) is 11.2. The largest absolute Gasteiger partial charge is 0.416 e. The van der Waals surface area contributed by atoms with Crippen LogP contribution in [0.3, 0.4) is 0 Å². The van der Waals surface area contributed by atoms with Crippen LogP contribution in [0.4, 0.5) is 17.6 Å². The molecule has 0 saturated heterocycles. The van der Waals surface area contributed by atoms with Gasteiger partial charge in [-0.3, -0.25) is 14.7 Å². The Bertz CT molecular complexity index is 888. The van der Waals surface area contributed by atoms with Crippen LogP contribution in [-0.4, -0.2) is 21.4 Å². The maximum Gasteiger partial charge on any atom is 0.416 e. The maximum absolute atomic E-state index is 13.9.